The minimum absolute atomic E-state index is 0.457. The van der Waals surface area contributed by atoms with Crippen molar-refractivity contribution in [3.05, 3.63) is 53.0 Å². The van der Waals surface area contributed by atoms with Crippen molar-refractivity contribution < 1.29 is 9.47 Å². The maximum Gasteiger partial charge on any atom is 0.264 e. The Balaban J connectivity index is 1.96. The lowest BCUT2D eigenvalue weighted by Gasteiger charge is -2.08. The van der Waals surface area contributed by atoms with Crippen LogP contribution in [0.5, 0.6) is 11.6 Å². The predicted octanol–water partition coefficient (Wildman–Crippen LogP) is 3.43. The summed E-state index contributed by atoms with van der Waals surface area (Å²) in [5.74, 6) is 1.16. The van der Waals surface area contributed by atoms with Crippen molar-refractivity contribution in [3.63, 3.8) is 0 Å². The molecule has 3 aromatic rings. The number of benzene rings is 1. The third-order valence-corrected chi connectivity index (χ3v) is 3.12. The predicted molar refractivity (Wildman–Crippen MR) is 77.9 cm³/mol. The Morgan fingerprint density at radius 1 is 1.35 bits per heavy atom. The second kappa shape index (κ2) is 5.60. The quantitative estimate of drug-likeness (QED) is 0.733. The number of imidazole rings is 1. The summed E-state index contributed by atoms with van der Waals surface area (Å²) in [6.07, 6.45) is 5.38. The van der Waals surface area contributed by atoms with Crippen LogP contribution in [-0.2, 0) is 11.3 Å². The van der Waals surface area contributed by atoms with Gasteiger partial charge in [0.2, 0.25) is 5.65 Å². The molecular weight excluding hydrogens is 322 g/mol. The monoisotopic (exact) mass is 333 g/mol. The molecule has 0 fully saturated rings. The molecule has 102 valence electrons. The Morgan fingerprint density at radius 2 is 2.25 bits per heavy atom. The van der Waals surface area contributed by atoms with Gasteiger partial charge in [0.25, 0.3) is 5.88 Å². The summed E-state index contributed by atoms with van der Waals surface area (Å²) in [6.45, 7) is 0.544. The van der Waals surface area contributed by atoms with Crippen molar-refractivity contribution in [1.29, 1.82) is 0 Å². The number of halogens is 1. The molecular formula is C14H12BrN3O2. The van der Waals surface area contributed by atoms with Crippen LogP contribution in [0.3, 0.4) is 0 Å². The molecule has 1 aromatic carbocycles. The summed E-state index contributed by atoms with van der Waals surface area (Å²) >= 11 is 3.36. The minimum Gasteiger partial charge on any atom is -0.436 e. The molecule has 0 radical (unpaired) electrons. The highest BCUT2D eigenvalue weighted by Gasteiger charge is 2.09. The molecule has 0 N–H and O–H groups in total. The fourth-order valence-electron chi connectivity index (χ4n) is 1.92. The molecule has 2 heterocycles. The maximum absolute atomic E-state index is 5.84. The fourth-order valence-corrected chi connectivity index (χ4v) is 2.30. The lowest BCUT2D eigenvalue weighted by Crippen LogP contribution is -1.95. The normalized spacial score (nSPS) is 10.9. The second-order valence-electron chi connectivity index (χ2n) is 4.21. The second-order valence-corrected chi connectivity index (χ2v) is 5.02. The lowest BCUT2D eigenvalue weighted by atomic mass is 10.2. The van der Waals surface area contributed by atoms with Crippen LogP contribution in [0.1, 0.15) is 5.56 Å². The zero-order valence-corrected chi connectivity index (χ0v) is 12.4. The third-order valence-electron chi connectivity index (χ3n) is 2.74. The molecule has 0 aliphatic rings. The molecule has 0 bridgehead atoms. The van der Waals surface area contributed by atoms with Gasteiger partial charge in [0.1, 0.15) is 10.4 Å². The number of ether oxygens (including phenoxy) is 2. The van der Waals surface area contributed by atoms with Crippen molar-refractivity contribution in [2.45, 2.75) is 6.61 Å². The van der Waals surface area contributed by atoms with Gasteiger partial charge in [-0.1, -0.05) is 12.1 Å². The molecule has 2 aromatic heterocycles. The van der Waals surface area contributed by atoms with E-state index in [2.05, 4.69) is 25.9 Å². The minimum atomic E-state index is 0.457. The molecule has 0 saturated heterocycles. The first-order chi connectivity index (χ1) is 9.76. The largest absolute Gasteiger partial charge is 0.436 e. The van der Waals surface area contributed by atoms with Crippen LogP contribution in [0.4, 0.5) is 0 Å². The van der Waals surface area contributed by atoms with Crippen molar-refractivity contribution in [2.75, 3.05) is 7.11 Å². The number of methoxy groups -OCH3 is 1. The molecule has 0 unspecified atom stereocenters. The zero-order valence-electron chi connectivity index (χ0n) is 10.8. The van der Waals surface area contributed by atoms with Crippen LogP contribution in [-0.4, -0.2) is 21.5 Å². The zero-order chi connectivity index (χ0) is 13.9. The Hall–Kier alpha value is -1.92. The number of hydrogen-bond donors (Lipinski definition) is 0. The van der Waals surface area contributed by atoms with Gasteiger partial charge in [-0.15, -0.1) is 0 Å². The standard InChI is InChI=1S/C14H12BrN3O2/c1-19-9-10-3-2-4-11(7-10)20-14-13-16-5-6-18(13)8-12(15)17-14/h2-8H,9H2,1H3. The van der Waals surface area contributed by atoms with Gasteiger partial charge < -0.3 is 9.47 Å². The van der Waals surface area contributed by atoms with Crippen molar-refractivity contribution in [2.24, 2.45) is 0 Å². The lowest BCUT2D eigenvalue weighted by molar-refractivity contribution is 0.184. The van der Waals surface area contributed by atoms with Crippen LogP contribution in [0, 0.1) is 0 Å². The highest BCUT2D eigenvalue weighted by atomic mass is 79.9. The van der Waals surface area contributed by atoms with Gasteiger partial charge in [-0.2, -0.15) is 0 Å². The molecule has 0 spiro atoms. The van der Waals surface area contributed by atoms with E-state index in [0.29, 0.717) is 28.5 Å². The molecule has 0 aliphatic heterocycles. The molecule has 6 heteroatoms. The Morgan fingerprint density at radius 3 is 3.10 bits per heavy atom. The summed E-state index contributed by atoms with van der Waals surface area (Å²) in [5.41, 5.74) is 1.71. The van der Waals surface area contributed by atoms with E-state index < -0.39 is 0 Å². The van der Waals surface area contributed by atoms with Gasteiger partial charge in [0.05, 0.1) is 6.61 Å². The summed E-state index contributed by atoms with van der Waals surface area (Å²) in [6, 6.07) is 7.70. The Kier molecular flexibility index (Phi) is 3.66. The maximum atomic E-state index is 5.84. The smallest absolute Gasteiger partial charge is 0.264 e. The van der Waals surface area contributed by atoms with Crippen LogP contribution in [0.25, 0.3) is 5.65 Å². The topological polar surface area (TPSA) is 48.7 Å². The van der Waals surface area contributed by atoms with Gasteiger partial charge in [0.15, 0.2) is 0 Å². The number of fused-ring (bicyclic) bond motifs is 1. The first-order valence-electron chi connectivity index (χ1n) is 6.01. The van der Waals surface area contributed by atoms with E-state index in [4.69, 9.17) is 9.47 Å². The van der Waals surface area contributed by atoms with Gasteiger partial charge in [-0.05, 0) is 33.6 Å². The van der Waals surface area contributed by atoms with E-state index >= 15 is 0 Å². The van der Waals surface area contributed by atoms with Gasteiger partial charge >= 0.3 is 0 Å². The van der Waals surface area contributed by atoms with Gasteiger partial charge in [-0.25, -0.2) is 9.97 Å². The Bertz CT molecular complexity index is 742. The Labute approximate surface area is 124 Å². The SMILES string of the molecule is COCc1cccc(Oc2nc(Br)cn3ccnc23)c1. The molecule has 20 heavy (non-hydrogen) atoms. The highest BCUT2D eigenvalue weighted by molar-refractivity contribution is 9.10. The number of hydrogen-bond acceptors (Lipinski definition) is 4. The summed E-state index contributed by atoms with van der Waals surface area (Å²) in [5, 5.41) is 0. The summed E-state index contributed by atoms with van der Waals surface area (Å²) < 4.78 is 13.5. The molecule has 0 aliphatic carbocycles. The van der Waals surface area contributed by atoms with E-state index in [1.54, 1.807) is 13.3 Å². The van der Waals surface area contributed by atoms with Crippen LogP contribution >= 0.6 is 15.9 Å². The highest BCUT2D eigenvalue weighted by Crippen LogP contribution is 2.25. The number of aromatic nitrogens is 3. The molecule has 0 amide bonds. The number of rotatable bonds is 4. The van der Waals surface area contributed by atoms with E-state index in [1.165, 1.54) is 0 Å². The van der Waals surface area contributed by atoms with Crippen LogP contribution in [0.2, 0.25) is 0 Å². The van der Waals surface area contributed by atoms with E-state index in [9.17, 15) is 0 Å². The van der Waals surface area contributed by atoms with Crippen molar-refractivity contribution >= 4 is 21.6 Å². The number of nitrogens with zero attached hydrogens (tertiary/aromatic N) is 3. The van der Waals surface area contributed by atoms with Gasteiger partial charge in [-0.3, -0.25) is 4.40 Å². The first-order valence-corrected chi connectivity index (χ1v) is 6.80. The van der Waals surface area contributed by atoms with E-state index in [-0.39, 0.29) is 0 Å². The summed E-state index contributed by atoms with van der Waals surface area (Å²) in [4.78, 5) is 8.57. The third kappa shape index (κ3) is 2.66. The molecule has 0 saturated carbocycles. The molecule has 5 nitrogen and oxygen atoms in total. The van der Waals surface area contributed by atoms with E-state index in [1.807, 2.05) is 41.1 Å². The summed E-state index contributed by atoms with van der Waals surface area (Å²) in [7, 11) is 1.66. The van der Waals surface area contributed by atoms with Gasteiger partial charge in [0, 0.05) is 25.7 Å². The first kappa shape index (κ1) is 13.1. The van der Waals surface area contributed by atoms with Crippen molar-refractivity contribution in [3.8, 4) is 11.6 Å². The molecule has 3 rings (SSSR count). The molecule has 0 atom stereocenters. The average molecular weight is 334 g/mol. The van der Waals surface area contributed by atoms with Crippen molar-refractivity contribution in [1.82, 2.24) is 14.4 Å². The van der Waals surface area contributed by atoms with Crippen LogP contribution < -0.4 is 4.74 Å². The van der Waals surface area contributed by atoms with Crippen LogP contribution in [0.15, 0.2) is 47.5 Å². The van der Waals surface area contributed by atoms with E-state index in [0.717, 1.165) is 5.56 Å². The average Bonchev–Trinajstić information content (AvgIpc) is 2.87. The fraction of sp³-hybridized carbons (Fsp3) is 0.143.